The molecular formula is C12H7BrN2S3. The summed E-state index contributed by atoms with van der Waals surface area (Å²) in [6, 6.07) is 10.1. The SMILES string of the molecule is N#C/C(=C\c1ccc(-c2ccc(Br)s2)s1)C(N)=S. The summed E-state index contributed by atoms with van der Waals surface area (Å²) < 4.78 is 1.10. The lowest BCUT2D eigenvalue weighted by Gasteiger charge is -1.92. The number of nitrogens with two attached hydrogens (primary N) is 1. The van der Waals surface area contributed by atoms with E-state index in [-0.39, 0.29) is 4.99 Å². The van der Waals surface area contributed by atoms with Crippen molar-refractivity contribution in [2.24, 2.45) is 5.73 Å². The standard InChI is InChI=1S/C12H7BrN2S3/c13-11-4-3-10(18-11)9-2-1-8(17-9)5-7(6-14)12(15)16/h1-5H,(H2,15,16)/b7-5+. The topological polar surface area (TPSA) is 49.8 Å². The van der Waals surface area contributed by atoms with Gasteiger partial charge in [0.2, 0.25) is 0 Å². The summed E-state index contributed by atoms with van der Waals surface area (Å²) in [7, 11) is 0. The third kappa shape index (κ3) is 3.06. The predicted octanol–water partition coefficient (Wildman–Crippen LogP) is 4.43. The van der Waals surface area contributed by atoms with Gasteiger partial charge >= 0.3 is 0 Å². The van der Waals surface area contributed by atoms with Crippen LogP contribution in [0.3, 0.4) is 0 Å². The number of halogens is 1. The summed E-state index contributed by atoms with van der Waals surface area (Å²) in [6.45, 7) is 0. The fourth-order valence-electron chi connectivity index (χ4n) is 1.31. The Morgan fingerprint density at radius 3 is 2.50 bits per heavy atom. The average molecular weight is 355 g/mol. The number of hydrogen-bond donors (Lipinski definition) is 1. The van der Waals surface area contributed by atoms with Crippen molar-refractivity contribution in [1.29, 1.82) is 5.26 Å². The zero-order chi connectivity index (χ0) is 13.1. The van der Waals surface area contributed by atoms with Crippen molar-refractivity contribution in [2.75, 3.05) is 0 Å². The van der Waals surface area contributed by atoms with E-state index in [4.69, 9.17) is 23.2 Å². The van der Waals surface area contributed by atoms with Crippen LogP contribution in [0, 0.1) is 11.3 Å². The first kappa shape index (κ1) is 13.4. The van der Waals surface area contributed by atoms with Gasteiger partial charge in [-0.3, -0.25) is 0 Å². The maximum Gasteiger partial charge on any atom is 0.114 e. The smallest absolute Gasteiger partial charge is 0.114 e. The van der Waals surface area contributed by atoms with Crippen LogP contribution in [-0.2, 0) is 0 Å². The number of rotatable bonds is 3. The van der Waals surface area contributed by atoms with Gasteiger partial charge < -0.3 is 5.73 Å². The molecule has 0 saturated heterocycles. The van der Waals surface area contributed by atoms with Gasteiger partial charge in [0, 0.05) is 14.6 Å². The Bertz CT molecular complexity index is 661. The van der Waals surface area contributed by atoms with E-state index in [9.17, 15) is 0 Å². The van der Waals surface area contributed by atoms with Crippen LogP contribution in [0.5, 0.6) is 0 Å². The summed E-state index contributed by atoms with van der Waals surface area (Å²) >= 11 is 11.5. The van der Waals surface area contributed by atoms with Gasteiger partial charge in [-0.2, -0.15) is 5.26 Å². The van der Waals surface area contributed by atoms with E-state index in [0.29, 0.717) is 5.57 Å². The quantitative estimate of drug-likeness (QED) is 0.503. The lowest BCUT2D eigenvalue weighted by molar-refractivity contribution is 1.52. The summed E-state index contributed by atoms with van der Waals surface area (Å²) in [5.74, 6) is 0. The monoisotopic (exact) mass is 354 g/mol. The molecule has 0 bridgehead atoms. The maximum atomic E-state index is 8.90. The van der Waals surface area contributed by atoms with Crippen molar-refractivity contribution in [3.8, 4) is 15.8 Å². The molecule has 2 aromatic heterocycles. The van der Waals surface area contributed by atoms with Crippen LogP contribution in [0.25, 0.3) is 15.8 Å². The van der Waals surface area contributed by atoms with E-state index in [1.165, 1.54) is 4.88 Å². The van der Waals surface area contributed by atoms with Gasteiger partial charge in [0.1, 0.15) is 11.1 Å². The van der Waals surface area contributed by atoms with Crippen LogP contribution >= 0.6 is 50.8 Å². The molecule has 2 aromatic rings. The highest BCUT2D eigenvalue weighted by atomic mass is 79.9. The Hall–Kier alpha value is -1.000. The molecule has 0 saturated carbocycles. The molecule has 0 unspecified atom stereocenters. The molecule has 0 aliphatic rings. The summed E-state index contributed by atoms with van der Waals surface area (Å²) in [6.07, 6.45) is 1.72. The van der Waals surface area contributed by atoms with Gasteiger partial charge in [-0.05, 0) is 46.3 Å². The first-order valence-electron chi connectivity index (χ1n) is 4.87. The predicted molar refractivity (Wildman–Crippen MR) is 85.7 cm³/mol. The van der Waals surface area contributed by atoms with Gasteiger partial charge in [-0.15, -0.1) is 22.7 Å². The number of nitrogens with zero attached hydrogens (tertiary/aromatic N) is 1. The van der Waals surface area contributed by atoms with Crippen LogP contribution in [0.2, 0.25) is 0 Å². The maximum absolute atomic E-state index is 8.90. The molecular weight excluding hydrogens is 348 g/mol. The van der Waals surface area contributed by atoms with Crippen LogP contribution in [0.1, 0.15) is 4.88 Å². The molecule has 0 radical (unpaired) electrons. The van der Waals surface area contributed by atoms with Crippen molar-refractivity contribution in [3.05, 3.63) is 38.5 Å². The van der Waals surface area contributed by atoms with Crippen LogP contribution in [-0.4, -0.2) is 4.99 Å². The Kier molecular flexibility index (Phi) is 4.30. The largest absolute Gasteiger partial charge is 0.389 e. The fraction of sp³-hybridized carbons (Fsp3) is 0. The number of hydrogen-bond acceptors (Lipinski definition) is 4. The molecule has 0 spiro atoms. The second kappa shape index (κ2) is 5.76. The van der Waals surface area contributed by atoms with Crippen LogP contribution in [0.4, 0.5) is 0 Å². The zero-order valence-corrected chi connectivity index (χ0v) is 13.0. The molecule has 0 aromatic carbocycles. The highest BCUT2D eigenvalue weighted by Gasteiger charge is 2.06. The highest BCUT2D eigenvalue weighted by Crippen LogP contribution is 2.36. The van der Waals surface area contributed by atoms with Crippen molar-refractivity contribution in [2.45, 2.75) is 0 Å². The number of thiocarbonyl (C=S) groups is 1. The van der Waals surface area contributed by atoms with Crippen LogP contribution in [0.15, 0.2) is 33.6 Å². The first-order valence-corrected chi connectivity index (χ1v) is 7.70. The minimum absolute atomic E-state index is 0.131. The molecule has 18 heavy (non-hydrogen) atoms. The van der Waals surface area contributed by atoms with Crippen molar-refractivity contribution in [3.63, 3.8) is 0 Å². The van der Waals surface area contributed by atoms with Gasteiger partial charge in [-0.1, -0.05) is 12.2 Å². The third-order valence-electron chi connectivity index (χ3n) is 2.12. The Balaban J connectivity index is 2.32. The highest BCUT2D eigenvalue weighted by molar-refractivity contribution is 9.11. The van der Waals surface area contributed by atoms with Crippen molar-refractivity contribution < 1.29 is 0 Å². The molecule has 90 valence electrons. The lowest BCUT2D eigenvalue weighted by Crippen LogP contribution is -2.09. The van der Waals surface area contributed by atoms with Crippen molar-refractivity contribution >= 4 is 61.9 Å². The minimum atomic E-state index is 0.131. The van der Waals surface area contributed by atoms with E-state index >= 15 is 0 Å². The normalized spacial score (nSPS) is 11.2. The van der Waals surface area contributed by atoms with E-state index in [1.54, 1.807) is 28.7 Å². The average Bonchev–Trinajstić information content (AvgIpc) is 2.94. The molecule has 0 atom stereocenters. The molecule has 2 rings (SSSR count). The second-order valence-electron chi connectivity index (χ2n) is 3.34. The van der Waals surface area contributed by atoms with Gasteiger partial charge in [0.15, 0.2) is 0 Å². The van der Waals surface area contributed by atoms with E-state index in [1.807, 2.05) is 24.3 Å². The molecule has 0 fully saturated rings. The first-order chi connectivity index (χ1) is 8.60. The summed E-state index contributed by atoms with van der Waals surface area (Å²) in [4.78, 5) is 3.46. The van der Waals surface area contributed by atoms with E-state index in [0.717, 1.165) is 13.5 Å². The van der Waals surface area contributed by atoms with Gasteiger partial charge in [0.25, 0.3) is 0 Å². The summed E-state index contributed by atoms with van der Waals surface area (Å²) in [5, 5.41) is 8.90. The summed E-state index contributed by atoms with van der Waals surface area (Å²) in [5.41, 5.74) is 5.80. The molecule has 2 nitrogen and oxygen atoms in total. The van der Waals surface area contributed by atoms with Crippen LogP contribution < -0.4 is 5.73 Å². The zero-order valence-electron chi connectivity index (χ0n) is 9.01. The fourth-order valence-corrected chi connectivity index (χ4v) is 3.84. The Morgan fingerprint density at radius 2 is 1.94 bits per heavy atom. The Labute approximate surface area is 126 Å². The molecule has 0 amide bonds. The Morgan fingerprint density at radius 1 is 1.28 bits per heavy atom. The minimum Gasteiger partial charge on any atom is -0.389 e. The van der Waals surface area contributed by atoms with Gasteiger partial charge in [0.05, 0.1) is 9.36 Å². The number of nitriles is 1. The van der Waals surface area contributed by atoms with E-state index < -0.39 is 0 Å². The molecule has 6 heteroatoms. The van der Waals surface area contributed by atoms with Gasteiger partial charge in [-0.25, -0.2) is 0 Å². The van der Waals surface area contributed by atoms with E-state index in [2.05, 4.69) is 22.0 Å². The molecule has 0 aliphatic heterocycles. The van der Waals surface area contributed by atoms with Crippen molar-refractivity contribution in [1.82, 2.24) is 0 Å². The second-order valence-corrected chi connectivity index (χ2v) is 7.36. The molecule has 2 N–H and O–H groups in total. The lowest BCUT2D eigenvalue weighted by atomic mass is 10.2. The molecule has 2 heterocycles. The number of thiophene rings is 2. The third-order valence-corrected chi connectivity index (χ3v) is 5.19. The molecule has 0 aliphatic carbocycles.